The molecule has 1 aliphatic heterocycles. The van der Waals surface area contributed by atoms with Crippen LogP contribution < -0.4 is 0 Å². The number of pyridine rings is 1. The SMILES string of the molecule is CC(C)(C)OC(=O)N1CC=C(c2ccc(F)c3ncccc23)CC1. The maximum Gasteiger partial charge on any atom is 0.410 e. The number of carbonyl (C=O) groups is 1. The third kappa shape index (κ3) is 3.40. The molecule has 0 unspecified atom stereocenters. The minimum Gasteiger partial charge on any atom is -0.444 e. The van der Waals surface area contributed by atoms with Gasteiger partial charge in [0, 0.05) is 24.7 Å². The molecule has 5 heteroatoms. The maximum absolute atomic E-state index is 13.9. The number of hydrogen-bond acceptors (Lipinski definition) is 3. The lowest BCUT2D eigenvalue weighted by Crippen LogP contribution is -2.39. The van der Waals surface area contributed by atoms with E-state index in [2.05, 4.69) is 4.98 Å². The molecule has 2 heterocycles. The van der Waals surface area contributed by atoms with E-state index < -0.39 is 5.60 Å². The highest BCUT2D eigenvalue weighted by Crippen LogP contribution is 2.30. The van der Waals surface area contributed by atoms with E-state index in [0.717, 1.165) is 16.5 Å². The van der Waals surface area contributed by atoms with Crippen LogP contribution in [0.25, 0.3) is 16.5 Å². The van der Waals surface area contributed by atoms with Crippen LogP contribution in [0.1, 0.15) is 32.8 Å². The van der Waals surface area contributed by atoms with E-state index in [-0.39, 0.29) is 11.9 Å². The van der Waals surface area contributed by atoms with Crippen LogP contribution in [-0.2, 0) is 4.74 Å². The van der Waals surface area contributed by atoms with Crippen molar-refractivity contribution in [1.29, 1.82) is 0 Å². The highest BCUT2D eigenvalue weighted by molar-refractivity contribution is 5.92. The van der Waals surface area contributed by atoms with Crippen molar-refractivity contribution in [2.75, 3.05) is 13.1 Å². The number of carbonyl (C=O) groups excluding carboxylic acids is 1. The Morgan fingerprint density at radius 1 is 1.29 bits per heavy atom. The molecule has 24 heavy (non-hydrogen) atoms. The van der Waals surface area contributed by atoms with E-state index in [9.17, 15) is 9.18 Å². The second-order valence-corrected chi connectivity index (χ2v) is 6.90. The van der Waals surface area contributed by atoms with Crippen LogP contribution in [0.3, 0.4) is 0 Å². The van der Waals surface area contributed by atoms with Crippen LogP contribution in [0.2, 0.25) is 0 Å². The van der Waals surface area contributed by atoms with Crippen LogP contribution in [0, 0.1) is 5.82 Å². The van der Waals surface area contributed by atoms with Gasteiger partial charge in [0.05, 0.1) is 0 Å². The fraction of sp³-hybridized carbons (Fsp3) is 0.368. The van der Waals surface area contributed by atoms with Gasteiger partial charge < -0.3 is 9.64 Å². The van der Waals surface area contributed by atoms with Gasteiger partial charge in [-0.25, -0.2) is 9.18 Å². The molecule has 0 radical (unpaired) electrons. The van der Waals surface area contributed by atoms with E-state index in [4.69, 9.17) is 4.74 Å². The second kappa shape index (κ2) is 6.23. The largest absolute Gasteiger partial charge is 0.444 e. The third-order valence-corrected chi connectivity index (χ3v) is 3.93. The van der Waals surface area contributed by atoms with Gasteiger partial charge in [-0.1, -0.05) is 18.2 Å². The molecule has 1 aliphatic rings. The molecule has 1 amide bonds. The average Bonchev–Trinajstić information content (AvgIpc) is 2.54. The van der Waals surface area contributed by atoms with Crippen LogP contribution >= 0.6 is 0 Å². The zero-order chi connectivity index (χ0) is 17.3. The molecule has 0 fully saturated rings. The van der Waals surface area contributed by atoms with E-state index in [1.54, 1.807) is 17.2 Å². The molecule has 126 valence electrons. The highest BCUT2D eigenvalue weighted by Gasteiger charge is 2.24. The Balaban J connectivity index is 1.84. The Kier molecular flexibility index (Phi) is 4.26. The normalized spacial score (nSPS) is 15.3. The number of rotatable bonds is 1. The summed E-state index contributed by atoms with van der Waals surface area (Å²) in [5, 5.41) is 0.800. The first kappa shape index (κ1) is 16.4. The summed E-state index contributed by atoms with van der Waals surface area (Å²) in [5.41, 5.74) is 1.96. The molecule has 1 aromatic heterocycles. The van der Waals surface area contributed by atoms with Crippen LogP contribution in [0.5, 0.6) is 0 Å². The first-order chi connectivity index (χ1) is 11.3. The molecular formula is C19H21FN2O2. The first-order valence-corrected chi connectivity index (χ1v) is 8.06. The van der Waals surface area contributed by atoms with Gasteiger partial charge in [-0.3, -0.25) is 4.98 Å². The predicted octanol–water partition coefficient (Wildman–Crippen LogP) is 4.40. The number of halogens is 1. The number of benzene rings is 1. The summed E-state index contributed by atoms with van der Waals surface area (Å²) in [6.45, 7) is 6.64. The summed E-state index contributed by atoms with van der Waals surface area (Å²) >= 11 is 0. The Labute approximate surface area is 140 Å². The van der Waals surface area contributed by atoms with Crippen molar-refractivity contribution in [3.63, 3.8) is 0 Å². The Bertz CT molecular complexity index is 809. The molecule has 1 aromatic carbocycles. The molecular weight excluding hydrogens is 307 g/mol. The number of nitrogens with zero attached hydrogens (tertiary/aromatic N) is 2. The van der Waals surface area contributed by atoms with Gasteiger partial charge in [0.2, 0.25) is 0 Å². The molecule has 0 saturated heterocycles. The average molecular weight is 328 g/mol. The lowest BCUT2D eigenvalue weighted by atomic mass is 9.95. The van der Waals surface area contributed by atoms with Crippen LogP contribution in [-0.4, -0.2) is 34.7 Å². The minimum absolute atomic E-state index is 0.302. The zero-order valence-corrected chi connectivity index (χ0v) is 14.2. The van der Waals surface area contributed by atoms with Gasteiger partial charge in [0.15, 0.2) is 0 Å². The number of hydrogen-bond donors (Lipinski definition) is 0. The molecule has 0 N–H and O–H groups in total. The van der Waals surface area contributed by atoms with Crippen LogP contribution in [0.15, 0.2) is 36.5 Å². The molecule has 0 aliphatic carbocycles. The standard InChI is InChI=1S/C19H21FN2O2/c1-19(2,3)24-18(23)22-11-8-13(9-12-22)14-6-7-16(20)17-15(14)5-4-10-21-17/h4-8,10H,9,11-12H2,1-3H3. The highest BCUT2D eigenvalue weighted by atomic mass is 19.1. The summed E-state index contributed by atoms with van der Waals surface area (Å²) in [7, 11) is 0. The summed E-state index contributed by atoms with van der Waals surface area (Å²) in [6, 6.07) is 6.92. The van der Waals surface area contributed by atoms with E-state index in [1.807, 2.05) is 39.0 Å². The van der Waals surface area contributed by atoms with Crippen molar-refractivity contribution >= 4 is 22.6 Å². The molecule has 0 atom stereocenters. The van der Waals surface area contributed by atoms with Gasteiger partial charge in [-0.05, 0) is 50.5 Å². The lowest BCUT2D eigenvalue weighted by Gasteiger charge is -2.29. The van der Waals surface area contributed by atoms with Crippen LogP contribution in [0.4, 0.5) is 9.18 Å². The fourth-order valence-corrected chi connectivity index (χ4v) is 2.82. The molecule has 3 rings (SSSR count). The first-order valence-electron chi connectivity index (χ1n) is 8.06. The van der Waals surface area contributed by atoms with E-state index in [0.29, 0.717) is 25.0 Å². The van der Waals surface area contributed by atoms with Gasteiger partial charge in [0.1, 0.15) is 16.9 Å². The van der Waals surface area contributed by atoms with Crippen molar-refractivity contribution < 1.29 is 13.9 Å². The summed E-state index contributed by atoms with van der Waals surface area (Å²) < 4.78 is 19.3. The van der Waals surface area contributed by atoms with Crippen molar-refractivity contribution in [2.45, 2.75) is 32.8 Å². The van der Waals surface area contributed by atoms with E-state index >= 15 is 0 Å². The Hall–Kier alpha value is -2.43. The third-order valence-electron chi connectivity index (χ3n) is 3.93. The van der Waals surface area contributed by atoms with E-state index in [1.165, 1.54) is 6.07 Å². The topological polar surface area (TPSA) is 42.4 Å². The molecule has 2 aromatic rings. The van der Waals surface area contributed by atoms with Crippen molar-refractivity contribution in [1.82, 2.24) is 9.88 Å². The number of ether oxygens (including phenoxy) is 1. The second-order valence-electron chi connectivity index (χ2n) is 6.90. The maximum atomic E-state index is 13.9. The molecule has 0 saturated carbocycles. The van der Waals surface area contributed by atoms with Gasteiger partial charge in [-0.15, -0.1) is 0 Å². The van der Waals surface area contributed by atoms with Crippen molar-refractivity contribution in [2.24, 2.45) is 0 Å². The van der Waals surface area contributed by atoms with Gasteiger partial charge in [0.25, 0.3) is 0 Å². The Morgan fingerprint density at radius 3 is 2.75 bits per heavy atom. The minimum atomic E-state index is -0.500. The number of fused-ring (bicyclic) bond motifs is 1. The molecule has 0 spiro atoms. The summed E-state index contributed by atoms with van der Waals surface area (Å²) in [4.78, 5) is 17.9. The predicted molar refractivity (Wildman–Crippen MR) is 92.1 cm³/mol. The fourth-order valence-electron chi connectivity index (χ4n) is 2.82. The van der Waals surface area contributed by atoms with Crippen molar-refractivity contribution in [3.05, 3.63) is 47.9 Å². The molecule has 4 nitrogen and oxygen atoms in total. The van der Waals surface area contributed by atoms with Crippen molar-refractivity contribution in [3.8, 4) is 0 Å². The zero-order valence-electron chi connectivity index (χ0n) is 14.2. The smallest absolute Gasteiger partial charge is 0.410 e. The molecule has 0 bridgehead atoms. The van der Waals surface area contributed by atoms with Gasteiger partial charge >= 0.3 is 6.09 Å². The number of aromatic nitrogens is 1. The summed E-state index contributed by atoms with van der Waals surface area (Å²) in [5.74, 6) is -0.318. The number of amides is 1. The monoisotopic (exact) mass is 328 g/mol. The quantitative estimate of drug-likeness (QED) is 0.779. The van der Waals surface area contributed by atoms with Gasteiger partial charge in [-0.2, -0.15) is 0 Å². The summed E-state index contributed by atoms with van der Waals surface area (Å²) in [6.07, 6.45) is 4.00. The lowest BCUT2D eigenvalue weighted by molar-refractivity contribution is 0.0270. The Morgan fingerprint density at radius 2 is 2.08 bits per heavy atom.